The Morgan fingerprint density at radius 2 is 2.00 bits per heavy atom. The summed E-state index contributed by atoms with van der Waals surface area (Å²) in [5.74, 6) is 0.399. The van der Waals surface area contributed by atoms with Crippen LogP contribution in [0.1, 0.15) is 26.3 Å². The van der Waals surface area contributed by atoms with Gasteiger partial charge in [-0.2, -0.15) is 5.26 Å². The number of nitriles is 1. The minimum absolute atomic E-state index is 0.0546. The van der Waals surface area contributed by atoms with Gasteiger partial charge >= 0.3 is 0 Å². The first-order valence-corrected chi connectivity index (χ1v) is 4.34. The fourth-order valence-corrected chi connectivity index (χ4v) is 0.995. The van der Waals surface area contributed by atoms with Gasteiger partial charge in [0.15, 0.2) is 11.5 Å². The molecule has 0 saturated heterocycles. The first kappa shape index (κ1) is 10.4. The van der Waals surface area contributed by atoms with Gasteiger partial charge in [0.2, 0.25) is 0 Å². The van der Waals surface area contributed by atoms with Gasteiger partial charge in [-0.05, 0) is 32.9 Å². The largest absolute Gasteiger partial charge is 0.504 e. The van der Waals surface area contributed by atoms with Gasteiger partial charge in [0, 0.05) is 6.07 Å². The number of rotatable bonds is 1. The van der Waals surface area contributed by atoms with Gasteiger partial charge in [-0.3, -0.25) is 0 Å². The Hall–Kier alpha value is -1.69. The van der Waals surface area contributed by atoms with Gasteiger partial charge in [0.05, 0.1) is 11.6 Å². The number of phenols is 1. The van der Waals surface area contributed by atoms with E-state index in [4.69, 9.17) is 10.00 Å². The molecule has 74 valence electrons. The molecule has 0 bridgehead atoms. The molecule has 3 heteroatoms. The Morgan fingerprint density at radius 3 is 2.50 bits per heavy atom. The fourth-order valence-electron chi connectivity index (χ4n) is 0.995. The normalized spacial score (nSPS) is 10.7. The Labute approximate surface area is 83.6 Å². The first-order chi connectivity index (χ1) is 6.42. The third kappa shape index (κ3) is 2.67. The molecule has 0 amide bonds. The summed E-state index contributed by atoms with van der Waals surface area (Å²) in [6, 6.07) is 6.52. The summed E-state index contributed by atoms with van der Waals surface area (Å²) in [5, 5.41) is 18.1. The van der Waals surface area contributed by atoms with E-state index in [1.54, 1.807) is 6.07 Å². The topological polar surface area (TPSA) is 53.2 Å². The molecular weight excluding hydrogens is 178 g/mol. The van der Waals surface area contributed by atoms with Crippen LogP contribution in [0.25, 0.3) is 0 Å². The van der Waals surface area contributed by atoms with E-state index in [-0.39, 0.29) is 11.4 Å². The van der Waals surface area contributed by atoms with Crippen LogP contribution in [-0.2, 0) is 0 Å². The number of phenolic OH excluding ortho intramolecular Hbond substituents is 1. The predicted molar refractivity (Wildman–Crippen MR) is 53.2 cm³/mol. The van der Waals surface area contributed by atoms with Crippen LogP contribution >= 0.6 is 0 Å². The molecule has 0 aliphatic carbocycles. The van der Waals surface area contributed by atoms with Crippen molar-refractivity contribution in [2.24, 2.45) is 0 Å². The van der Waals surface area contributed by atoms with Crippen molar-refractivity contribution >= 4 is 0 Å². The van der Waals surface area contributed by atoms with Crippen molar-refractivity contribution in [3.63, 3.8) is 0 Å². The maximum Gasteiger partial charge on any atom is 0.163 e. The van der Waals surface area contributed by atoms with Crippen LogP contribution in [0.5, 0.6) is 11.5 Å². The highest BCUT2D eigenvalue weighted by molar-refractivity contribution is 5.46. The van der Waals surface area contributed by atoms with E-state index in [0.29, 0.717) is 11.3 Å². The molecular formula is C11H13NO2. The van der Waals surface area contributed by atoms with E-state index in [9.17, 15) is 5.11 Å². The van der Waals surface area contributed by atoms with Gasteiger partial charge in [-0.25, -0.2) is 0 Å². The van der Waals surface area contributed by atoms with Gasteiger partial charge in [0.1, 0.15) is 5.60 Å². The molecule has 0 spiro atoms. The number of hydrogen-bond donors (Lipinski definition) is 1. The van der Waals surface area contributed by atoms with Crippen molar-refractivity contribution in [1.82, 2.24) is 0 Å². The number of aromatic hydroxyl groups is 1. The first-order valence-electron chi connectivity index (χ1n) is 4.34. The lowest BCUT2D eigenvalue weighted by Gasteiger charge is -2.21. The Balaban J connectivity index is 3.03. The van der Waals surface area contributed by atoms with E-state index in [2.05, 4.69) is 0 Å². The summed E-state index contributed by atoms with van der Waals surface area (Å²) in [7, 11) is 0. The van der Waals surface area contributed by atoms with Crippen molar-refractivity contribution in [3.8, 4) is 17.6 Å². The molecule has 1 N–H and O–H groups in total. The molecule has 0 heterocycles. The Kier molecular flexibility index (Phi) is 2.66. The standard InChI is InChI=1S/C11H13NO2/c1-11(2,3)14-10-6-8(7-12)4-5-9(10)13/h4-6,13H,1-3H3. The second kappa shape index (κ2) is 3.59. The zero-order chi connectivity index (χ0) is 10.8. The Morgan fingerprint density at radius 1 is 1.36 bits per heavy atom. The SMILES string of the molecule is CC(C)(C)Oc1cc(C#N)ccc1O. The number of benzene rings is 1. The molecule has 0 aliphatic heterocycles. The van der Waals surface area contributed by atoms with Gasteiger partial charge < -0.3 is 9.84 Å². The highest BCUT2D eigenvalue weighted by Gasteiger charge is 2.14. The van der Waals surface area contributed by atoms with Crippen LogP contribution in [0.2, 0.25) is 0 Å². The number of nitrogens with zero attached hydrogens (tertiary/aromatic N) is 1. The van der Waals surface area contributed by atoms with Crippen molar-refractivity contribution < 1.29 is 9.84 Å². The van der Waals surface area contributed by atoms with E-state index in [1.165, 1.54) is 12.1 Å². The van der Waals surface area contributed by atoms with E-state index in [0.717, 1.165) is 0 Å². The third-order valence-corrected chi connectivity index (χ3v) is 1.51. The lowest BCUT2D eigenvalue weighted by atomic mass is 10.1. The average Bonchev–Trinajstić information content (AvgIpc) is 2.06. The van der Waals surface area contributed by atoms with Crippen molar-refractivity contribution in [1.29, 1.82) is 5.26 Å². The molecule has 1 aromatic rings. The minimum Gasteiger partial charge on any atom is -0.504 e. The number of ether oxygens (including phenoxy) is 1. The fraction of sp³-hybridized carbons (Fsp3) is 0.364. The molecule has 3 nitrogen and oxygen atoms in total. The zero-order valence-electron chi connectivity index (χ0n) is 8.53. The lowest BCUT2D eigenvalue weighted by Crippen LogP contribution is -2.23. The highest BCUT2D eigenvalue weighted by Crippen LogP contribution is 2.29. The number of hydrogen-bond acceptors (Lipinski definition) is 3. The van der Waals surface area contributed by atoms with Gasteiger partial charge in [-0.15, -0.1) is 0 Å². The van der Waals surface area contributed by atoms with Crippen LogP contribution in [0, 0.1) is 11.3 Å². The summed E-state index contributed by atoms with van der Waals surface area (Å²) < 4.78 is 5.47. The molecule has 1 aromatic carbocycles. The molecule has 0 atom stereocenters. The summed E-state index contributed by atoms with van der Waals surface area (Å²) >= 11 is 0. The summed E-state index contributed by atoms with van der Waals surface area (Å²) in [6.45, 7) is 5.64. The van der Waals surface area contributed by atoms with Crippen molar-refractivity contribution in [2.45, 2.75) is 26.4 Å². The van der Waals surface area contributed by atoms with Gasteiger partial charge in [0.25, 0.3) is 0 Å². The maximum atomic E-state index is 9.46. The third-order valence-electron chi connectivity index (χ3n) is 1.51. The minimum atomic E-state index is -0.383. The van der Waals surface area contributed by atoms with Crippen molar-refractivity contribution in [2.75, 3.05) is 0 Å². The molecule has 0 fully saturated rings. The molecule has 0 aromatic heterocycles. The summed E-state index contributed by atoms with van der Waals surface area (Å²) in [6.07, 6.45) is 0. The van der Waals surface area contributed by atoms with Crippen LogP contribution in [0.15, 0.2) is 18.2 Å². The molecule has 0 saturated carbocycles. The monoisotopic (exact) mass is 191 g/mol. The molecule has 0 unspecified atom stereocenters. The quantitative estimate of drug-likeness (QED) is 0.741. The average molecular weight is 191 g/mol. The zero-order valence-corrected chi connectivity index (χ0v) is 8.53. The lowest BCUT2D eigenvalue weighted by molar-refractivity contribution is 0.126. The second-order valence-corrected chi connectivity index (χ2v) is 4.01. The summed E-state index contributed by atoms with van der Waals surface area (Å²) in [5.41, 5.74) is 0.0907. The Bertz CT molecular complexity index is 372. The highest BCUT2D eigenvalue weighted by atomic mass is 16.5. The maximum absolute atomic E-state index is 9.46. The summed E-state index contributed by atoms with van der Waals surface area (Å²) in [4.78, 5) is 0. The molecule has 1 rings (SSSR count). The predicted octanol–water partition coefficient (Wildman–Crippen LogP) is 2.44. The molecule has 0 radical (unpaired) electrons. The van der Waals surface area contributed by atoms with Gasteiger partial charge in [-0.1, -0.05) is 0 Å². The van der Waals surface area contributed by atoms with Crippen LogP contribution in [0.4, 0.5) is 0 Å². The van der Waals surface area contributed by atoms with Crippen molar-refractivity contribution in [3.05, 3.63) is 23.8 Å². The molecule has 0 aliphatic rings. The smallest absolute Gasteiger partial charge is 0.163 e. The second-order valence-electron chi connectivity index (χ2n) is 4.01. The van der Waals surface area contributed by atoms with Crippen LogP contribution in [0.3, 0.4) is 0 Å². The van der Waals surface area contributed by atoms with E-state index < -0.39 is 0 Å². The van der Waals surface area contributed by atoms with Crippen LogP contribution in [-0.4, -0.2) is 10.7 Å². The molecule has 14 heavy (non-hydrogen) atoms. The van der Waals surface area contributed by atoms with Crippen LogP contribution < -0.4 is 4.74 Å². The van der Waals surface area contributed by atoms with E-state index >= 15 is 0 Å². The van der Waals surface area contributed by atoms with E-state index in [1.807, 2.05) is 26.8 Å².